The molecule has 2 heterocycles. The molecule has 0 bridgehead atoms. The Kier molecular flexibility index (Phi) is 1.77. The minimum Gasteiger partial charge on any atom is -0.384 e. The molecule has 0 fully saturated rings. The molecule has 3 N–H and O–H groups in total. The number of imidazole rings is 1. The second-order valence-electron chi connectivity index (χ2n) is 3.04. The molecule has 2 rings (SSSR count). The number of aromatic nitrogens is 2. The smallest absolute Gasteiger partial charge is 0.126 e. The van der Waals surface area contributed by atoms with E-state index < -0.39 is 0 Å². The molecule has 0 saturated carbocycles. The predicted octanol–water partition coefficient (Wildman–Crippen LogP) is 0.131. The zero-order chi connectivity index (χ0) is 8.55. The van der Waals surface area contributed by atoms with Crippen molar-refractivity contribution in [3.05, 3.63) is 11.5 Å². The number of nitrogens with one attached hydrogen (secondary N) is 1. The highest BCUT2D eigenvalue weighted by molar-refractivity contribution is 5.38. The maximum atomic E-state index is 5.91. The van der Waals surface area contributed by atoms with Crippen molar-refractivity contribution in [2.24, 2.45) is 0 Å². The van der Waals surface area contributed by atoms with Gasteiger partial charge in [0.15, 0.2) is 0 Å². The van der Waals surface area contributed by atoms with Gasteiger partial charge in [0.2, 0.25) is 0 Å². The Labute approximate surface area is 71.8 Å². The molecule has 0 saturated heterocycles. The zero-order valence-corrected chi connectivity index (χ0v) is 7.30. The highest BCUT2D eigenvalue weighted by Crippen LogP contribution is 2.16. The Morgan fingerprint density at radius 1 is 1.67 bits per heavy atom. The Balaban J connectivity index is 2.44. The zero-order valence-electron chi connectivity index (χ0n) is 7.30. The molecule has 0 radical (unpaired) electrons. The fourth-order valence-corrected chi connectivity index (χ4v) is 1.60. The number of fused-ring (bicyclic) bond motifs is 1. The summed E-state index contributed by atoms with van der Waals surface area (Å²) in [5, 5.41) is 3.27. The van der Waals surface area contributed by atoms with E-state index in [4.69, 9.17) is 5.73 Å². The van der Waals surface area contributed by atoms with Crippen molar-refractivity contribution >= 4 is 5.82 Å². The summed E-state index contributed by atoms with van der Waals surface area (Å²) in [6.45, 7) is 4.88. The summed E-state index contributed by atoms with van der Waals surface area (Å²) in [5.74, 6) is 1.93. The van der Waals surface area contributed by atoms with E-state index in [-0.39, 0.29) is 0 Å². The molecule has 0 unspecified atom stereocenters. The lowest BCUT2D eigenvalue weighted by atomic mass is 10.3. The third-order valence-electron chi connectivity index (χ3n) is 2.29. The lowest BCUT2D eigenvalue weighted by Gasteiger charge is -2.15. The second-order valence-corrected chi connectivity index (χ2v) is 3.04. The minimum atomic E-state index is 0.851. The van der Waals surface area contributed by atoms with Gasteiger partial charge in [0.1, 0.15) is 11.6 Å². The van der Waals surface area contributed by atoms with Crippen LogP contribution in [0.15, 0.2) is 0 Å². The van der Waals surface area contributed by atoms with Crippen LogP contribution in [0.4, 0.5) is 5.82 Å². The second kappa shape index (κ2) is 2.79. The number of hydrogen-bond acceptors (Lipinski definition) is 3. The van der Waals surface area contributed by atoms with E-state index in [9.17, 15) is 0 Å². The molecule has 0 amide bonds. The van der Waals surface area contributed by atoms with Crippen molar-refractivity contribution in [1.29, 1.82) is 0 Å². The molecule has 1 aliphatic rings. The highest BCUT2D eigenvalue weighted by atomic mass is 15.2. The van der Waals surface area contributed by atoms with Crippen LogP contribution in [0.2, 0.25) is 0 Å². The van der Waals surface area contributed by atoms with E-state index in [2.05, 4.69) is 21.8 Å². The van der Waals surface area contributed by atoms with E-state index in [1.807, 2.05) is 0 Å². The molecule has 0 aliphatic carbocycles. The van der Waals surface area contributed by atoms with Gasteiger partial charge < -0.3 is 15.6 Å². The van der Waals surface area contributed by atoms with E-state index in [1.54, 1.807) is 0 Å². The van der Waals surface area contributed by atoms with Crippen LogP contribution >= 0.6 is 0 Å². The van der Waals surface area contributed by atoms with E-state index >= 15 is 0 Å². The lowest BCUT2D eigenvalue weighted by molar-refractivity contribution is 0.509. The van der Waals surface area contributed by atoms with Gasteiger partial charge in [-0.15, -0.1) is 0 Å². The van der Waals surface area contributed by atoms with Crippen LogP contribution < -0.4 is 11.1 Å². The molecule has 4 heteroatoms. The normalized spacial score (nSPS) is 16.1. The van der Waals surface area contributed by atoms with Crippen molar-refractivity contribution in [3.8, 4) is 0 Å². The quantitative estimate of drug-likeness (QED) is 0.623. The molecular weight excluding hydrogens is 152 g/mol. The van der Waals surface area contributed by atoms with Crippen LogP contribution in [-0.2, 0) is 19.5 Å². The number of aryl methyl sites for hydroxylation is 1. The summed E-state index contributed by atoms with van der Waals surface area (Å²) in [6, 6.07) is 0. The average molecular weight is 166 g/mol. The van der Waals surface area contributed by atoms with Crippen LogP contribution in [0.3, 0.4) is 0 Å². The Hall–Kier alpha value is -1.03. The molecule has 1 aromatic rings. The van der Waals surface area contributed by atoms with E-state index in [1.165, 1.54) is 0 Å². The third-order valence-corrected chi connectivity index (χ3v) is 2.29. The van der Waals surface area contributed by atoms with Crippen LogP contribution in [-0.4, -0.2) is 16.1 Å². The number of rotatable bonds is 1. The maximum absolute atomic E-state index is 5.91. The molecule has 66 valence electrons. The molecule has 0 atom stereocenters. The molecular formula is C8H14N4. The molecule has 0 spiro atoms. The summed E-state index contributed by atoms with van der Waals surface area (Å²) < 4.78 is 2.11. The van der Waals surface area contributed by atoms with Crippen molar-refractivity contribution < 1.29 is 0 Å². The third kappa shape index (κ3) is 0.992. The van der Waals surface area contributed by atoms with Gasteiger partial charge in [-0.1, -0.05) is 6.92 Å². The lowest BCUT2D eigenvalue weighted by Crippen LogP contribution is -2.28. The van der Waals surface area contributed by atoms with E-state index in [0.717, 1.165) is 43.4 Å². The molecule has 1 aliphatic heterocycles. The topological polar surface area (TPSA) is 55.9 Å². The first-order chi connectivity index (χ1) is 5.83. The summed E-state index contributed by atoms with van der Waals surface area (Å²) in [4.78, 5) is 4.44. The molecule has 12 heavy (non-hydrogen) atoms. The Bertz CT molecular complexity index is 289. The van der Waals surface area contributed by atoms with Crippen LogP contribution in [0.25, 0.3) is 0 Å². The van der Waals surface area contributed by atoms with Gasteiger partial charge in [-0.3, -0.25) is 0 Å². The fourth-order valence-electron chi connectivity index (χ4n) is 1.60. The van der Waals surface area contributed by atoms with Gasteiger partial charge in [0.05, 0.1) is 12.2 Å². The maximum Gasteiger partial charge on any atom is 0.126 e. The molecule has 0 aromatic carbocycles. The van der Waals surface area contributed by atoms with Gasteiger partial charge in [0.25, 0.3) is 0 Å². The average Bonchev–Trinajstić information content (AvgIpc) is 2.44. The number of nitrogens with zero attached hydrogens (tertiary/aromatic N) is 2. The van der Waals surface area contributed by atoms with Crippen molar-refractivity contribution in [1.82, 2.24) is 14.9 Å². The monoisotopic (exact) mass is 166 g/mol. The first kappa shape index (κ1) is 7.61. The molecule has 1 aromatic heterocycles. The van der Waals surface area contributed by atoms with Gasteiger partial charge in [0, 0.05) is 13.1 Å². The van der Waals surface area contributed by atoms with Crippen molar-refractivity contribution in [2.75, 3.05) is 12.3 Å². The minimum absolute atomic E-state index is 0.851. The Morgan fingerprint density at radius 2 is 2.50 bits per heavy atom. The number of hydrogen-bond donors (Lipinski definition) is 2. The van der Waals surface area contributed by atoms with Gasteiger partial charge in [-0.25, -0.2) is 4.98 Å². The summed E-state index contributed by atoms with van der Waals surface area (Å²) >= 11 is 0. The SMILES string of the molecule is CCc1nc2n(c1N)CCNC2. The van der Waals surface area contributed by atoms with Gasteiger partial charge in [-0.05, 0) is 6.42 Å². The van der Waals surface area contributed by atoms with Gasteiger partial charge in [-0.2, -0.15) is 0 Å². The Morgan fingerprint density at radius 3 is 3.17 bits per heavy atom. The summed E-state index contributed by atoms with van der Waals surface area (Å²) in [5.41, 5.74) is 6.94. The van der Waals surface area contributed by atoms with Crippen molar-refractivity contribution in [3.63, 3.8) is 0 Å². The molecule has 4 nitrogen and oxygen atoms in total. The fraction of sp³-hybridized carbons (Fsp3) is 0.625. The highest BCUT2D eigenvalue weighted by Gasteiger charge is 2.15. The summed E-state index contributed by atoms with van der Waals surface area (Å²) in [7, 11) is 0. The van der Waals surface area contributed by atoms with Crippen LogP contribution in [0.1, 0.15) is 18.4 Å². The number of anilines is 1. The largest absolute Gasteiger partial charge is 0.384 e. The summed E-state index contributed by atoms with van der Waals surface area (Å²) in [6.07, 6.45) is 0.922. The predicted molar refractivity (Wildman–Crippen MR) is 47.7 cm³/mol. The van der Waals surface area contributed by atoms with E-state index in [0.29, 0.717) is 0 Å². The van der Waals surface area contributed by atoms with Crippen LogP contribution in [0.5, 0.6) is 0 Å². The number of nitrogens with two attached hydrogens (primary N) is 1. The van der Waals surface area contributed by atoms with Gasteiger partial charge >= 0.3 is 0 Å². The first-order valence-electron chi connectivity index (χ1n) is 4.37. The first-order valence-corrected chi connectivity index (χ1v) is 4.37. The standard InChI is InChI=1S/C8H14N4/c1-2-6-8(9)12-4-3-10-5-7(12)11-6/h10H,2-5,9H2,1H3. The number of nitrogen functional groups attached to an aromatic ring is 1. The van der Waals surface area contributed by atoms with Crippen LogP contribution in [0, 0.1) is 0 Å². The van der Waals surface area contributed by atoms with Crippen molar-refractivity contribution in [2.45, 2.75) is 26.4 Å².